The van der Waals surface area contributed by atoms with E-state index in [1.807, 2.05) is 41.0 Å². The summed E-state index contributed by atoms with van der Waals surface area (Å²) in [6.45, 7) is 0.560. The highest BCUT2D eigenvalue weighted by molar-refractivity contribution is 5.78. The number of anilines is 1. The van der Waals surface area contributed by atoms with Crippen molar-refractivity contribution in [2.24, 2.45) is 0 Å². The van der Waals surface area contributed by atoms with E-state index in [9.17, 15) is 0 Å². The van der Waals surface area contributed by atoms with E-state index in [0.29, 0.717) is 12.5 Å². The van der Waals surface area contributed by atoms with E-state index in [0.717, 1.165) is 27.8 Å². The zero-order valence-corrected chi connectivity index (χ0v) is 11.3. The number of aromatic nitrogens is 4. The smallest absolute Gasteiger partial charge is 0.202 e. The SMILES string of the molecule is Nc1nc2cccnc2n1Cc1ccc2ccccc2n1. The van der Waals surface area contributed by atoms with Gasteiger partial charge in [-0.05, 0) is 24.3 Å². The predicted octanol–water partition coefficient (Wildman–Crippen LogP) is 2.61. The average Bonchev–Trinajstić information content (AvgIpc) is 2.83. The molecule has 21 heavy (non-hydrogen) atoms. The number of rotatable bonds is 2. The van der Waals surface area contributed by atoms with Crippen molar-refractivity contribution in [1.82, 2.24) is 19.5 Å². The third-order valence-electron chi connectivity index (χ3n) is 3.51. The Morgan fingerprint density at radius 1 is 0.905 bits per heavy atom. The van der Waals surface area contributed by atoms with Gasteiger partial charge in [-0.25, -0.2) is 9.97 Å². The summed E-state index contributed by atoms with van der Waals surface area (Å²) in [6, 6.07) is 15.9. The van der Waals surface area contributed by atoms with Crippen LogP contribution < -0.4 is 5.73 Å². The number of benzene rings is 1. The number of para-hydroxylation sites is 1. The number of nitrogens with two attached hydrogens (primary N) is 1. The quantitative estimate of drug-likeness (QED) is 0.610. The molecule has 3 aromatic heterocycles. The van der Waals surface area contributed by atoms with Gasteiger partial charge in [-0.3, -0.25) is 9.55 Å². The van der Waals surface area contributed by atoms with E-state index in [-0.39, 0.29) is 0 Å². The minimum atomic E-state index is 0.457. The van der Waals surface area contributed by atoms with Crippen LogP contribution in [0, 0.1) is 0 Å². The van der Waals surface area contributed by atoms with Crippen LogP contribution in [0.5, 0.6) is 0 Å². The fraction of sp³-hybridized carbons (Fsp3) is 0.0625. The molecular formula is C16H13N5. The van der Waals surface area contributed by atoms with Crippen molar-refractivity contribution in [3.63, 3.8) is 0 Å². The normalized spacial score (nSPS) is 11.2. The number of nitrogens with zero attached hydrogens (tertiary/aromatic N) is 4. The number of hydrogen-bond acceptors (Lipinski definition) is 4. The molecular weight excluding hydrogens is 262 g/mol. The maximum Gasteiger partial charge on any atom is 0.202 e. The van der Waals surface area contributed by atoms with Gasteiger partial charge in [-0.15, -0.1) is 0 Å². The van der Waals surface area contributed by atoms with Crippen LogP contribution in [0.2, 0.25) is 0 Å². The fourth-order valence-corrected chi connectivity index (χ4v) is 2.49. The van der Waals surface area contributed by atoms with Crippen LogP contribution >= 0.6 is 0 Å². The van der Waals surface area contributed by atoms with Crippen molar-refractivity contribution in [2.75, 3.05) is 5.73 Å². The Bertz CT molecular complexity index is 942. The van der Waals surface area contributed by atoms with Gasteiger partial charge in [-0.1, -0.05) is 24.3 Å². The standard InChI is InChI=1S/C16H13N5/c17-16-20-14-6-3-9-18-15(14)21(16)10-12-8-7-11-4-1-2-5-13(11)19-12/h1-9H,10H2,(H2,17,20). The third-order valence-corrected chi connectivity index (χ3v) is 3.51. The molecule has 5 heteroatoms. The molecule has 5 nitrogen and oxygen atoms in total. The van der Waals surface area contributed by atoms with Crippen LogP contribution in [0.4, 0.5) is 5.95 Å². The van der Waals surface area contributed by atoms with Crippen molar-refractivity contribution < 1.29 is 0 Å². The molecule has 0 saturated carbocycles. The van der Waals surface area contributed by atoms with Gasteiger partial charge in [0, 0.05) is 11.6 Å². The molecule has 0 atom stereocenters. The third kappa shape index (κ3) is 1.99. The van der Waals surface area contributed by atoms with Gasteiger partial charge in [0.1, 0.15) is 5.52 Å². The van der Waals surface area contributed by atoms with Crippen molar-refractivity contribution >= 4 is 28.0 Å². The van der Waals surface area contributed by atoms with Gasteiger partial charge in [0.05, 0.1) is 17.8 Å². The van der Waals surface area contributed by atoms with Crippen LogP contribution in [0.15, 0.2) is 54.7 Å². The highest BCUT2D eigenvalue weighted by atomic mass is 15.2. The molecule has 2 N–H and O–H groups in total. The largest absolute Gasteiger partial charge is 0.369 e. The summed E-state index contributed by atoms with van der Waals surface area (Å²) < 4.78 is 1.88. The molecule has 0 amide bonds. The highest BCUT2D eigenvalue weighted by Gasteiger charge is 2.10. The average molecular weight is 275 g/mol. The molecule has 4 aromatic rings. The van der Waals surface area contributed by atoms with E-state index >= 15 is 0 Å². The van der Waals surface area contributed by atoms with E-state index in [1.54, 1.807) is 6.20 Å². The summed E-state index contributed by atoms with van der Waals surface area (Å²) in [6.07, 6.45) is 1.74. The number of nitrogen functional groups attached to an aromatic ring is 1. The van der Waals surface area contributed by atoms with Crippen LogP contribution in [0.1, 0.15) is 5.69 Å². The van der Waals surface area contributed by atoms with Crippen molar-refractivity contribution in [2.45, 2.75) is 6.54 Å². The number of fused-ring (bicyclic) bond motifs is 2. The lowest BCUT2D eigenvalue weighted by Crippen LogP contribution is -2.06. The molecule has 102 valence electrons. The molecule has 3 heterocycles. The molecule has 0 radical (unpaired) electrons. The van der Waals surface area contributed by atoms with Gasteiger partial charge in [0.25, 0.3) is 0 Å². The van der Waals surface area contributed by atoms with Crippen LogP contribution in [0.25, 0.3) is 22.1 Å². The fourth-order valence-electron chi connectivity index (χ4n) is 2.49. The number of pyridine rings is 2. The van der Waals surface area contributed by atoms with Gasteiger partial charge in [0.2, 0.25) is 5.95 Å². The van der Waals surface area contributed by atoms with E-state index in [4.69, 9.17) is 5.73 Å². The number of imidazole rings is 1. The maximum atomic E-state index is 6.00. The Hall–Kier alpha value is -2.95. The first-order valence-electron chi connectivity index (χ1n) is 6.73. The predicted molar refractivity (Wildman–Crippen MR) is 82.8 cm³/mol. The molecule has 0 aliphatic carbocycles. The maximum absolute atomic E-state index is 6.00. The van der Waals surface area contributed by atoms with Gasteiger partial charge < -0.3 is 5.73 Å². The van der Waals surface area contributed by atoms with E-state index < -0.39 is 0 Å². The molecule has 0 unspecified atom stereocenters. The lowest BCUT2D eigenvalue weighted by atomic mass is 10.2. The summed E-state index contributed by atoms with van der Waals surface area (Å²) in [5.41, 5.74) is 9.50. The summed E-state index contributed by atoms with van der Waals surface area (Å²) >= 11 is 0. The monoisotopic (exact) mass is 275 g/mol. The molecule has 0 aliphatic rings. The molecule has 4 rings (SSSR count). The molecule has 0 fully saturated rings. The summed E-state index contributed by atoms with van der Waals surface area (Å²) in [5, 5.41) is 1.13. The van der Waals surface area contributed by atoms with E-state index in [2.05, 4.69) is 27.1 Å². The first-order chi connectivity index (χ1) is 10.3. The molecule has 0 saturated heterocycles. The minimum absolute atomic E-state index is 0.457. The number of hydrogen-bond donors (Lipinski definition) is 1. The zero-order chi connectivity index (χ0) is 14.2. The summed E-state index contributed by atoms with van der Waals surface area (Å²) in [4.78, 5) is 13.3. The van der Waals surface area contributed by atoms with Gasteiger partial charge in [-0.2, -0.15) is 0 Å². The van der Waals surface area contributed by atoms with Crippen LogP contribution in [-0.2, 0) is 6.54 Å². The Balaban J connectivity index is 1.80. The van der Waals surface area contributed by atoms with Crippen molar-refractivity contribution in [3.8, 4) is 0 Å². The second-order valence-corrected chi connectivity index (χ2v) is 4.90. The topological polar surface area (TPSA) is 69.6 Å². The Morgan fingerprint density at radius 3 is 2.71 bits per heavy atom. The van der Waals surface area contributed by atoms with Crippen molar-refractivity contribution in [3.05, 3.63) is 60.4 Å². The van der Waals surface area contributed by atoms with Gasteiger partial charge in [0.15, 0.2) is 5.65 Å². The zero-order valence-electron chi connectivity index (χ0n) is 11.3. The second kappa shape index (κ2) is 4.56. The summed E-state index contributed by atoms with van der Waals surface area (Å²) in [7, 11) is 0. The van der Waals surface area contributed by atoms with Crippen LogP contribution in [-0.4, -0.2) is 19.5 Å². The minimum Gasteiger partial charge on any atom is -0.369 e. The second-order valence-electron chi connectivity index (χ2n) is 4.90. The lowest BCUT2D eigenvalue weighted by molar-refractivity contribution is 0.805. The Kier molecular flexibility index (Phi) is 2.57. The van der Waals surface area contributed by atoms with Crippen molar-refractivity contribution in [1.29, 1.82) is 0 Å². The van der Waals surface area contributed by atoms with E-state index in [1.165, 1.54) is 0 Å². The molecule has 0 spiro atoms. The first kappa shape index (κ1) is 11.8. The Morgan fingerprint density at radius 2 is 1.76 bits per heavy atom. The Labute approximate surface area is 121 Å². The van der Waals surface area contributed by atoms with Gasteiger partial charge >= 0.3 is 0 Å². The lowest BCUT2D eigenvalue weighted by Gasteiger charge is -2.06. The summed E-state index contributed by atoms with van der Waals surface area (Å²) in [5.74, 6) is 0.457. The highest BCUT2D eigenvalue weighted by Crippen LogP contribution is 2.18. The van der Waals surface area contributed by atoms with Crippen LogP contribution in [0.3, 0.4) is 0 Å². The molecule has 0 aliphatic heterocycles. The first-order valence-corrected chi connectivity index (χ1v) is 6.73. The molecule has 0 bridgehead atoms. The molecule has 1 aromatic carbocycles.